The van der Waals surface area contributed by atoms with Crippen LogP contribution in [0, 0.1) is 5.82 Å². The number of sulfone groups is 1. The molecule has 2 aromatic heterocycles. The normalized spacial score (nSPS) is 16.7. The molecule has 392 valence electrons. The van der Waals surface area contributed by atoms with Gasteiger partial charge in [0.05, 0.1) is 34.2 Å². The molecular formula is C27H62FN6O4P31S. The van der Waals surface area contributed by atoms with Crippen LogP contribution in [0.1, 0.15) is 32.3 Å². The fourth-order valence-corrected chi connectivity index (χ4v) is 415. The van der Waals surface area contributed by atoms with Crippen LogP contribution in [0.25, 0.3) is 34.3 Å². The van der Waals surface area contributed by atoms with Gasteiger partial charge in [0, 0.05) is 24.8 Å². The van der Waals surface area contributed by atoms with Crippen LogP contribution < -0.4 is 11.1 Å². The molecular weight excluding hydrogens is 1480 g/mol. The van der Waals surface area contributed by atoms with Gasteiger partial charge in [-0.05, 0) is 147 Å². The molecule has 10 nitrogen and oxygen atoms in total. The molecule has 43 heteroatoms. The second-order valence-electron chi connectivity index (χ2n) is 14.2. The van der Waals surface area contributed by atoms with Crippen molar-refractivity contribution in [2.24, 2.45) is 0 Å². The van der Waals surface area contributed by atoms with E-state index in [-0.39, 0.29) is 138 Å². The number of anilines is 1. The number of benzene rings is 2. The van der Waals surface area contributed by atoms with Crippen molar-refractivity contribution in [3.8, 4) is 34.3 Å². The predicted molar refractivity (Wildman–Crippen MR) is 404 cm³/mol. The second kappa shape index (κ2) is 36.0. The van der Waals surface area contributed by atoms with Gasteiger partial charge in [-0.15, -0.1) is 153 Å². The Morgan fingerprint density at radius 1 is 0.771 bits per heavy atom. The Bertz CT molecular complexity index is 2320. The number of nitrogens with one attached hydrogen (secondary N) is 1. The topological polar surface area (TPSA) is 146 Å². The Morgan fingerprint density at radius 2 is 1.29 bits per heavy atom. The summed E-state index contributed by atoms with van der Waals surface area (Å²) in [6, 6.07) is 11.5. The number of nitrogen functional groups attached to an aromatic ring is 1. The Balaban J connectivity index is 0.000000315. The van der Waals surface area contributed by atoms with Crippen molar-refractivity contribution in [1.82, 2.24) is 25.5 Å². The fourth-order valence-electron chi connectivity index (χ4n) is 5.87. The highest BCUT2D eigenvalue weighted by Gasteiger charge is 2.51. The van der Waals surface area contributed by atoms with Crippen molar-refractivity contribution < 1.29 is 22.0 Å². The lowest BCUT2D eigenvalue weighted by Crippen LogP contribution is -2.28. The summed E-state index contributed by atoms with van der Waals surface area (Å²) < 4.78 is 51.3. The van der Waals surface area contributed by atoms with E-state index < -0.39 is 20.9 Å². The molecule has 2 aromatic carbocycles. The lowest BCUT2D eigenvalue weighted by atomic mass is 10.1. The summed E-state index contributed by atoms with van der Waals surface area (Å²) in [4.78, 5) is 8.94. The summed E-state index contributed by atoms with van der Waals surface area (Å²) in [5, 5.41) is 10.9. The van der Waals surface area contributed by atoms with E-state index in [4.69, 9.17) is 14.9 Å². The minimum absolute atomic E-state index is 0.0146. The molecule has 0 saturated carbocycles. The second-order valence-corrected chi connectivity index (χ2v) is 140. The highest BCUT2D eigenvalue weighted by Crippen LogP contribution is 3.39. The van der Waals surface area contributed by atoms with Crippen LogP contribution in [-0.2, 0) is 21.1 Å². The van der Waals surface area contributed by atoms with Crippen LogP contribution in [0.3, 0.4) is 0 Å². The summed E-state index contributed by atoms with van der Waals surface area (Å²) in [5.74, 6) is -0.466. The molecule has 3 heterocycles. The number of hydrogen-bond donors (Lipinski definition) is 2. The van der Waals surface area contributed by atoms with Crippen molar-refractivity contribution in [3.63, 3.8) is 0 Å². The van der Waals surface area contributed by atoms with Crippen LogP contribution in [0.5, 0.6) is 0 Å². The van der Waals surface area contributed by atoms with Crippen LogP contribution in [0.2, 0.25) is 0 Å². The van der Waals surface area contributed by atoms with Gasteiger partial charge in [0.2, 0.25) is 0 Å². The van der Waals surface area contributed by atoms with Crippen molar-refractivity contribution in [2.45, 2.75) is 49.4 Å². The summed E-state index contributed by atoms with van der Waals surface area (Å²) in [7, 11) is 50.5. The molecule has 1 aliphatic rings. The third kappa shape index (κ3) is 21.2. The number of hydrogen-bond acceptors (Lipinski definition) is 10. The first-order chi connectivity index (χ1) is 32.9. The zero-order valence-corrected chi connectivity index (χ0v) is 70.4. The minimum atomic E-state index is -3.41. The zero-order chi connectivity index (χ0) is 52.4. The van der Waals surface area contributed by atoms with Crippen LogP contribution in [0.15, 0.2) is 58.0 Å². The molecule has 0 spiro atoms. The van der Waals surface area contributed by atoms with Gasteiger partial charge < -0.3 is 20.2 Å². The molecule has 22 atom stereocenters. The van der Waals surface area contributed by atoms with E-state index in [1.54, 1.807) is 43.3 Å². The van der Waals surface area contributed by atoms with Gasteiger partial charge >= 0.3 is 0 Å². The first kappa shape index (κ1) is 72.1. The van der Waals surface area contributed by atoms with Crippen molar-refractivity contribution in [3.05, 3.63) is 60.0 Å². The highest BCUT2D eigenvalue weighted by molar-refractivity contribution is 9.44. The van der Waals surface area contributed by atoms with E-state index in [0.717, 1.165) is 26.5 Å². The number of nitrogens with zero attached hydrogens (tertiary/aromatic N) is 4. The Kier molecular flexibility index (Phi) is 37.1. The van der Waals surface area contributed by atoms with Gasteiger partial charge in [0.15, 0.2) is 21.3 Å². The maximum atomic E-state index is 14.9. The maximum Gasteiger partial charge on any atom is 0.270 e. The average molecular weight is 1550 g/mol. The van der Waals surface area contributed by atoms with Crippen LogP contribution in [0.4, 0.5) is 10.2 Å². The van der Waals surface area contributed by atoms with E-state index in [0.29, 0.717) is 30.8 Å². The van der Waals surface area contributed by atoms with Gasteiger partial charge in [0.1, 0.15) is 5.82 Å². The van der Waals surface area contributed by atoms with E-state index in [2.05, 4.69) is 168 Å². The number of ether oxygens (including phenoxy) is 1. The molecule has 70 heavy (non-hydrogen) atoms. The first-order valence-corrected chi connectivity index (χ1v) is 77.1. The molecule has 0 bridgehead atoms. The molecule has 1 saturated heterocycles. The summed E-state index contributed by atoms with van der Waals surface area (Å²) in [6.45, 7) is 5.32. The van der Waals surface area contributed by atoms with Crippen molar-refractivity contribution >= 4 is 264 Å². The van der Waals surface area contributed by atoms with Crippen LogP contribution in [-0.4, -0.2) is 53.1 Å². The van der Waals surface area contributed by atoms with E-state index >= 15 is 0 Å². The van der Waals surface area contributed by atoms with Crippen molar-refractivity contribution in [1.29, 1.82) is 0 Å². The van der Waals surface area contributed by atoms with E-state index in [9.17, 15) is 12.8 Å². The van der Waals surface area contributed by atoms with Gasteiger partial charge in [-0.1, -0.05) is 33.1 Å². The number of nitrogens with two attached hydrogens (primary N) is 1. The van der Waals surface area contributed by atoms with E-state index in [1.807, 2.05) is 6.92 Å². The van der Waals surface area contributed by atoms with Gasteiger partial charge in [-0.2, -0.15) is 0 Å². The van der Waals surface area contributed by atoms with Gasteiger partial charge in [-0.25, -0.2) is 22.8 Å². The number of rotatable bonds is 23. The molecule has 1 aliphatic heterocycles. The quantitative estimate of drug-likeness (QED) is 0.0688. The fraction of sp³-hybridized carbons (Fsp3) is 0.333. The molecule has 1 fully saturated rings. The number of halogens is 1. The standard InChI is InChI=1S/C27H29FN6O4S.H33P31/c1-3-16(2)39(35,36)20-7-5-18(6-8-20)23-14-31-25(29)24(32-23)27-34-33-26(38-27)21-9-4-17(12-22(21)28)13-30-19-10-11-37-15-19;1-17-25(16)29(24(14)15)31(28(22(10)11)23(12)13)30(26(18(2)3)19(4)5)27(20(6)7)21(8)9/h4-9,12,14,16,19,30H,3,10-11,13,15H2,1-2H3,(H2,29,31);17H,1-16H2/t16?,19-;/m1./s1. The summed E-state index contributed by atoms with van der Waals surface area (Å²) in [6.07, 6.45) is 2.92. The monoisotopic (exact) mass is 1550 g/mol. The van der Waals surface area contributed by atoms with Crippen molar-refractivity contribution in [2.75, 3.05) is 18.9 Å². The molecule has 0 amide bonds. The molecule has 3 N–H and O–H groups in total. The third-order valence-electron chi connectivity index (χ3n) is 9.37. The largest absolute Gasteiger partial charge is 0.414 e. The molecule has 0 aliphatic carbocycles. The third-order valence-corrected chi connectivity index (χ3v) is 217. The average Bonchev–Trinajstić information content (AvgIpc) is 4.00. The summed E-state index contributed by atoms with van der Waals surface area (Å²) >= 11 is 0. The minimum Gasteiger partial charge on any atom is -0.414 e. The smallest absolute Gasteiger partial charge is 0.270 e. The maximum absolute atomic E-state index is 14.9. The summed E-state index contributed by atoms with van der Waals surface area (Å²) in [5.41, 5.74) is 8.19. The SMILES string of the molecule is CCC(C)S(=O)(=O)c1ccc(-c2cnc(N)c(-c3nnc(-c4ccc(CN[C@@H]5CCOC5)cc4F)o3)n2)cc1.PPP(P)P(P(P)P)P(P(P(P)P)P(P)P)P(P(P(P)P)P(P)P)P(P(P)P)P(P)P. The predicted octanol–water partition coefficient (Wildman–Crippen LogP) is 21.9. The van der Waals surface area contributed by atoms with E-state index in [1.165, 1.54) is 12.3 Å². The lowest BCUT2D eigenvalue weighted by molar-refractivity contribution is 0.190. The van der Waals surface area contributed by atoms with Gasteiger partial charge in [0.25, 0.3) is 11.8 Å². The molecule has 5 rings (SSSR count). The first-order valence-electron chi connectivity index (χ1n) is 19.7. The van der Waals surface area contributed by atoms with Crippen LogP contribution >= 0.6 is 249 Å². The Morgan fingerprint density at radius 3 is 1.74 bits per heavy atom. The highest BCUT2D eigenvalue weighted by atomic mass is 33.5. The zero-order valence-electron chi connectivity index (χ0n) is 37.6. The molecule has 4 aromatic rings. The lowest BCUT2D eigenvalue weighted by Gasteiger charge is -2.52. The van der Waals surface area contributed by atoms with Gasteiger partial charge in [-0.3, -0.25) is 0 Å². The Labute approximate surface area is 469 Å². The Hall–Kier alpha value is 9.59. The molecule has 21 unspecified atom stereocenters. The molecule has 0 radical (unpaired) electrons. The number of aromatic nitrogens is 4.